The fourth-order valence-corrected chi connectivity index (χ4v) is 3.08. The van der Waals surface area contributed by atoms with E-state index < -0.39 is 0 Å². The van der Waals surface area contributed by atoms with E-state index in [4.69, 9.17) is 23.2 Å². The molecule has 20 heavy (non-hydrogen) atoms. The second kappa shape index (κ2) is 5.77. The van der Waals surface area contributed by atoms with Crippen LogP contribution in [0, 0.1) is 0 Å². The minimum absolute atomic E-state index is 0.347. The quantitative estimate of drug-likeness (QED) is 0.558. The molecule has 0 radical (unpaired) electrons. The van der Waals surface area contributed by atoms with Crippen molar-refractivity contribution >= 4 is 50.5 Å². The summed E-state index contributed by atoms with van der Waals surface area (Å²) >= 11 is 16.8. The van der Waals surface area contributed by atoms with Crippen molar-refractivity contribution in [2.24, 2.45) is 0 Å². The van der Waals surface area contributed by atoms with Crippen molar-refractivity contribution in [1.82, 2.24) is 15.0 Å². The first-order valence-electron chi connectivity index (χ1n) is 5.55. The van der Waals surface area contributed by atoms with Crippen LogP contribution in [-0.2, 0) is 0 Å². The molecular weight excluding hydrogens is 381 g/mol. The number of nitrogens with zero attached hydrogens (tertiary/aromatic N) is 3. The second-order valence-electron chi connectivity index (χ2n) is 3.84. The zero-order chi connectivity index (χ0) is 14.1. The topological polar surface area (TPSA) is 38.7 Å². The Kier molecular flexibility index (Phi) is 4.03. The number of hydrogen-bond donors (Lipinski definition) is 0. The van der Waals surface area contributed by atoms with Gasteiger partial charge in [0.05, 0.1) is 16.4 Å². The van der Waals surface area contributed by atoms with E-state index in [-0.39, 0.29) is 0 Å². The van der Waals surface area contributed by atoms with Crippen LogP contribution in [-0.4, -0.2) is 15.0 Å². The Hall–Kier alpha value is -1.01. The lowest BCUT2D eigenvalue weighted by atomic mass is 10.1. The van der Waals surface area contributed by atoms with Crippen molar-refractivity contribution in [3.05, 3.63) is 50.5 Å². The molecule has 0 unspecified atom stereocenters. The third kappa shape index (κ3) is 2.72. The van der Waals surface area contributed by atoms with Gasteiger partial charge in [-0.2, -0.15) is 0 Å². The summed E-state index contributed by atoms with van der Waals surface area (Å²) in [6.07, 6.45) is 1.57. The van der Waals surface area contributed by atoms with Crippen molar-refractivity contribution < 1.29 is 0 Å². The van der Waals surface area contributed by atoms with E-state index in [0.29, 0.717) is 24.8 Å². The molecule has 0 aliphatic rings. The van der Waals surface area contributed by atoms with Gasteiger partial charge in [0, 0.05) is 5.56 Å². The van der Waals surface area contributed by atoms with Crippen LogP contribution in [0.5, 0.6) is 0 Å². The number of aromatic nitrogens is 3. The zero-order valence-electron chi connectivity index (χ0n) is 9.85. The molecule has 2 aromatic heterocycles. The van der Waals surface area contributed by atoms with E-state index >= 15 is 0 Å². The van der Waals surface area contributed by atoms with E-state index in [9.17, 15) is 0 Å². The molecule has 0 saturated carbocycles. The van der Waals surface area contributed by atoms with Crippen LogP contribution in [0.25, 0.3) is 22.1 Å². The molecular formula is C13H6BrCl2N3S. The van der Waals surface area contributed by atoms with Gasteiger partial charge >= 0.3 is 0 Å². The Morgan fingerprint density at radius 1 is 1.05 bits per heavy atom. The van der Waals surface area contributed by atoms with Gasteiger partial charge in [-0.25, -0.2) is 15.0 Å². The Bertz CT molecular complexity index is 762. The standard InChI is InChI=1S/C13H6BrCl2N3S/c14-9-10(7-4-2-1-3-5-7)18-12(19-11(9)16)13-17-6-8(15)20-13/h1-6H. The molecule has 0 bridgehead atoms. The highest BCUT2D eigenvalue weighted by Crippen LogP contribution is 2.34. The molecule has 2 heterocycles. The molecule has 3 rings (SSSR count). The Labute approximate surface area is 137 Å². The van der Waals surface area contributed by atoms with Crippen LogP contribution in [0.4, 0.5) is 0 Å². The summed E-state index contributed by atoms with van der Waals surface area (Å²) < 4.78 is 1.25. The van der Waals surface area contributed by atoms with Crippen LogP contribution in [0.2, 0.25) is 9.49 Å². The maximum atomic E-state index is 6.17. The second-order valence-corrected chi connectivity index (χ2v) is 6.65. The minimum Gasteiger partial charge on any atom is -0.240 e. The van der Waals surface area contributed by atoms with Gasteiger partial charge in [0.15, 0.2) is 10.8 Å². The molecule has 0 amide bonds. The first kappa shape index (κ1) is 13.9. The fraction of sp³-hybridized carbons (Fsp3) is 0. The summed E-state index contributed by atoms with van der Waals surface area (Å²) in [5.74, 6) is 0.467. The molecule has 1 aromatic carbocycles. The van der Waals surface area contributed by atoms with Crippen LogP contribution < -0.4 is 0 Å². The normalized spacial score (nSPS) is 10.8. The van der Waals surface area contributed by atoms with Gasteiger partial charge in [0.2, 0.25) is 0 Å². The Balaban J connectivity index is 2.18. The fourth-order valence-electron chi connectivity index (χ4n) is 1.66. The van der Waals surface area contributed by atoms with Crippen molar-refractivity contribution in [3.63, 3.8) is 0 Å². The van der Waals surface area contributed by atoms with E-state index in [1.54, 1.807) is 6.20 Å². The number of halogens is 3. The predicted octanol–water partition coefficient (Wildman–Crippen LogP) is 5.34. The van der Waals surface area contributed by atoms with Gasteiger partial charge in [0.1, 0.15) is 9.49 Å². The molecule has 3 nitrogen and oxygen atoms in total. The molecule has 0 atom stereocenters. The summed E-state index contributed by atoms with van der Waals surface area (Å²) in [7, 11) is 0. The molecule has 7 heteroatoms. The third-order valence-electron chi connectivity index (χ3n) is 2.53. The monoisotopic (exact) mass is 385 g/mol. The first-order chi connectivity index (χ1) is 9.65. The number of rotatable bonds is 2. The van der Waals surface area contributed by atoms with E-state index in [1.165, 1.54) is 11.3 Å². The lowest BCUT2D eigenvalue weighted by molar-refractivity contribution is 1.15. The molecule has 3 aromatic rings. The van der Waals surface area contributed by atoms with Gasteiger partial charge in [-0.15, -0.1) is 0 Å². The molecule has 0 N–H and O–H groups in total. The Morgan fingerprint density at radius 3 is 2.45 bits per heavy atom. The van der Waals surface area contributed by atoms with Gasteiger partial charge in [0.25, 0.3) is 0 Å². The molecule has 0 aliphatic carbocycles. The van der Waals surface area contributed by atoms with E-state index in [0.717, 1.165) is 11.3 Å². The predicted molar refractivity (Wildman–Crippen MR) is 86.3 cm³/mol. The summed E-state index contributed by atoms with van der Waals surface area (Å²) in [6, 6.07) is 9.75. The van der Waals surface area contributed by atoms with Crippen molar-refractivity contribution in [2.45, 2.75) is 0 Å². The van der Waals surface area contributed by atoms with Crippen LogP contribution in [0.3, 0.4) is 0 Å². The maximum absolute atomic E-state index is 6.17. The lowest BCUT2D eigenvalue weighted by Gasteiger charge is -2.07. The highest BCUT2D eigenvalue weighted by molar-refractivity contribution is 9.10. The highest BCUT2D eigenvalue weighted by Gasteiger charge is 2.15. The van der Waals surface area contributed by atoms with Crippen molar-refractivity contribution in [1.29, 1.82) is 0 Å². The Morgan fingerprint density at radius 2 is 1.80 bits per heavy atom. The molecule has 0 saturated heterocycles. The van der Waals surface area contributed by atoms with Gasteiger partial charge in [-0.1, -0.05) is 64.9 Å². The first-order valence-corrected chi connectivity index (χ1v) is 7.92. The van der Waals surface area contributed by atoms with Crippen LogP contribution in [0.15, 0.2) is 41.0 Å². The van der Waals surface area contributed by atoms with Crippen molar-refractivity contribution in [2.75, 3.05) is 0 Å². The van der Waals surface area contributed by atoms with Gasteiger partial charge in [-0.05, 0) is 15.9 Å². The number of thiazole rings is 1. The summed E-state index contributed by atoms with van der Waals surface area (Å²) in [6.45, 7) is 0. The molecule has 0 fully saturated rings. The van der Waals surface area contributed by atoms with Crippen LogP contribution >= 0.6 is 50.5 Å². The molecule has 0 aliphatic heterocycles. The van der Waals surface area contributed by atoms with Gasteiger partial charge < -0.3 is 0 Å². The minimum atomic E-state index is 0.347. The smallest absolute Gasteiger partial charge is 0.190 e. The third-order valence-corrected chi connectivity index (χ3v) is 4.89. The summed E-state index contributed by atoms with van der Waals surface area (Å²) in [5, 5.41) is 0.988. The largest absolute Gasteiger partial charge is 0.240 e. The SMILES string of the molecule is Clc1cnc(-c2nc(Cl)c(Br)c(-c3ccccc3)n2)s1. The zero-order valence-corrected chi connectivity index (χ0v) is 13.8. The lowest BCUT2D eigenvalue weighted by Crippen LogP contribution is -1.94. The molecule has 100 valence electrons. The summed E-state index contributed by atoms with van der Waals surface area (Å²) in [4.78, 5) is 13.0. The number of hydrogen-bond acceptors (Lipinski definition) is 4. The number of benzene rings is 1. The highest BCUT2D eigenvalue weighted by atomic mass is 79.9. The average molecular weight is 387 g/mol. The van der Waals surface area contributed by atoms with Gasteiger partial charge in [-0.3, -0.25) is 0 Å². The van der Waals surface area contributed by atoms with Crippen LogP contribution in [0.1, 0.15) is 0 Å². The maximum Gasteiger partial charge on any atom is 0.190 e. The van der Waals surface area contributed by atoms with Crippen molar-refractivity contribution in [3.8, 4) is 22.1 Å². The molecule has 0 spiro atoms. The average Bonchev–Trinajstić information content (AvgIpc) is 2.89. The summed E-state index contributed by atoms with van der Waals surface area (Å²) in [5.41, 5.74) is 1.68. The van der Waals surface area contributed by atoms with E-state index in [1.807, 2.05) is 30.3 Å². The van der Waals surface area contributed by atoms with E-state index in [2.05, 4.69) is 30.9 Å².